The number of fused-ring (bicyclic) bond motifs is 1. The summed E-state index contributed by atoms with van der Waals surface area (Å²) < 4.78 is 24.4. The van der Waals surface area contributed by atoms with Gasteiger partial charge in [-0.25, -0.2) is 13.1 Å². The van der Waals surface area contributed by atoms with E-state index in [1.165, 1.54) is 18.2 Å². The van der Waals surface area contributed by atoms with Gasteiger partial charge in [-0.05, 0) is 12.1 Å². The molecule has 0 unspecified atom stereocenters. The Morgan fingerprint density at radius 1 is 1.31 bits per heavy atom. The van der Waals surface area contributed by atoms with Gasteiger partial charge in [-0.1, -0.05) is 6.07 Å². The molecule has 6 heteroatoms. The Bertz CT molecular complexity index is 492. The van der Waals surface area contributed by atoms with E-state index in [2.05, 4.69) is 0 Å². The number of hydrogen-bond acceptors (Lipinski definition) is 4. The van der Waals surface area contributed by atoms with Gasteiger partial charge in [-0.3, -0.25) is 4.79 Å². The molecule has 0 aliphatic carbocycles. The van der Waals surface area contributed by atoms with Crippen molar-refractivity contribution in [3.8, 4) is 0 Å². The molecule has 1 amide bonds. The molecule has 0 bridgehead atoms. The van der Waals surface area contributed by atoms with Crippen LogP contribution in [0.5, 0.6) is 0 Å². The van der Waals surface area contributed by atoms with E-state index in [0.29, 0.717) is 0 Å². The highest BCUT2D eigenvalue weighted by Crippen LogP contribution is 2.27. The van der Waals surface area contributed by atoms with Gasteiger partial charge in [0, 0.05) is 0 Å². The number of nitrogens with one attached hydrogen (secondary N) is 1. The molecular weight excluding hydrogens is 192 g/mol. The largest absolute Gasteiger partial charge is 0.398 e. The number of anilines is 1. The zero-order valence-electron chi connectivity index (χ0n) is 6.44. The third-order valence-corrected chi connectivity index (χ3v) is 3.23. The van der Waals surface area contributed by atoms with Crippen LogP contribution in [0.1, 0.15) is 10.4 Å². The van der Waals surface area contributed by atoms with E-state index in [4.69, 9.17) is 5.73 Å². The second-order valence-electron chi connectivity index (χ2n) is 2.66. The van der Waals surface area contributed by atoms with Crippen molar-refractivity contribution in [2.24, 2.45) is 0 Å². The van der Waals surface area contributed by atoms with Crippen molar-refractivity contribution in [1.82, 2.24) is 4.72 Å². The van der Waals surface area contributed by atoms with Crippen LogP contribution in [-0.2, 0) is 10.0 Å². The zero-order chi connectivity index (χ0) is 9.64. The van der Waals surface area contributed by atoms with Crippen LogP contribution in [0.2, 0.25) is 0 Å². The van der Waals surface area contributed by atoms with E-state index in [1.807, 2.05) is 4.72 Å². The maximum atomic E-state index is 11.3. The molecule has 5 nitrogen and oxygen atoms in total. The quantitative estimate of drug-likeness (QED) is 0.560. The van der Waals surface area contributed by atoms with Gasteiger partial charge < -0.3 is 5.73 Å². The van der Waals surface area contributed by atoms with Gasteiger partial charge >= 0.3 is 0 Å². The van der Waals surface area contributed by atoms with Crippen LogP contribution in [0.3, 0.4) is 0 Å². The first-order valence-electron chi connectivity index (χ1n) is 3.48. The first kappa shape index (κ1) is 8.06. The summed E-state index contributed by atoms with van der Waals surface area (Å²) in [7, 11) is -3.71. The number of hydrogen-bond donors (Lipinski definition) is 2. The molecule has 1 aliphatic heterocycles. The van der Waals surface area contributed by atoms with Crippen molar-refractivity contribution in [3.63, 3.8) is 0 Å². The van der Waals surface area contributed by atoms with Crippen molar-refractivity contribution >= 4 is 21.6 Å². The molecule has 0 saturated heterocycles. The molecule has 0 aromatic heterocycles. The number of benzene rings is 1. The molecule has 1 aromatic carbocycles. The van der Waals surface area contributed by atoms with E-state index < -0.39 is 15.9 Å². The van der Waals surface area contributed by atoms with E-state index in [1.54, 1.807) is 0 Å². The van der Waals surface area contributed by atoms with Gasteiger partial charge in [-0.15, -0.1) is 0 Å². The standard InChI is InChI=1S/C7H6N2O3S/c8-5-3-1-2-4-6(5)13(11,12)9-7(4)10/h1-3H,8H2,(H,9,10). The van der Waals surface area contributed by atoms with Gasteiger partial charge in [-0.2, -0.15) is 0 Å². The minimum absolute atomic E-state index is 0.0934. The fourth-order valence-corrected chi connectivity index (χ4v) is 2.55. The summed E-state index contributed by atoms with van der Waals surface area (Å²) in [4.78, 5) is 11.0. The average molecular weight is 198 g/mol. The third kappa shape index (κ3) is 0.988. The van der Waals surface area contributed by atoms with Crippen molar-refractivity contribution in [2.45, 2.75) is 4.90 Å². The summed E-state index contributed by atoms with van der Waals surface area (Å²) in [6.45, 7) is 0. The molecule has 1 heterocycles. The number of nitrogens with two attached hydrogens (primary N) is 1. The van der Waals surface area contributed by atoms with Gasteiger partial charge in [0.1, 0.15) is 4.90 Å². The molecule has 3 N–H and O–H groups in total. The highest BCUT2D eigenvalue weighted by atomic mass is 32.2. The first-order valence-corrected chi connectivity index (χ1v) is 4.96. The predicted octanol–water partition coefficient (Wildman–Crippen LogP) is -0.299. The Morgan fingerprint density at radius 3 is 2.62 bits per heavy atom. The summed E-state index contributed by atoms with van der Waals surface area (Å²) in [6, 6.07) is 4.40. The molecule has 0 spiro atoms. The first-order chi connectivity index (χ1) is 6.02. The van der Waals surface area contributed by atoms with Gasteiger partial charge in [0.15, 0.2) is 0 Å². The van der Waals surface area contributed by atoms with E-state index >= 15 is 0 Å². The van der Waals surface area contributed by atoms with E-state index in [-0.39, 0.29) is 16.1 Å². The van der Waals surface area contributed by atoms with Crippen LogP contribution < -0.4 is 10.5 Å². The lowest BCUT2D eigenvalue weighted by Crippen LogP contribution is -2.21. The second kappa shape index (κ2) is 2.23. The molecule has 1 aromatic rings. The lowest BCUT2D eigenvalue weighted by molar-refractivity contribution is 0.0985. The van der Waals surface area contributed by atoms with Crippen LogP contribution in [0.15, 0.2) is 23.1 Å². The van der Waals surface area contributed by atoms with Crippen LogP contribution in [0, 0.1) is 0 Å². The molecule has 0 radical (unpaired) electrons. The van der Waals surface area contributed by atoms with Gasteiger partial charge in [0.2, 0.25) is 0 Å². The maximum absolute atomic E-state index is 11.3. The Morgan fingerprint density at radius 2 is 2.00 bits per heavy atom. The maximum Gasteiger partial charge on any atom is 0.267 e. The number of carbonyl (C=O) groups excluding carboxylic acids is 1. The van der Waals surface area contributed by atoms with Crippen LogP contribution in [0.4, 0.5) is 5.69 Å². The predicted molar refractivity (Wildman–Crippen MR) is 45.5 cm³/mol. The Balaban J connectivity index is 2.89. The topological polar surface area (TPSA) is 89.3 Å². The molecule has 0 fully saturated rings. The monoisotopic (exact) mass is 198 g/mol. The fourth-order valence-electron chi connectivity index (χ4n) is 1.26. The van der Waals surface area contributed by atoms with Crippen molar-refractivity contribution in [1.29, 1.82) is 0 Å². The SMILES string of the molecule is Nc1cccc2c1S(=O)(=O)NC2=O. The van der Waals surface area contributed by atoms with Crippen molar-refractivity contribution in [3.05, 3.63) is 23.8 Å². The normalized spacial score (nSPS) is 18.0. The summed E-state index contributed by atoms with van der Waals surface area (Å²) in [5, 5.41) is 0. The Kier molecular flexibility index (Phi) is 1.38. The minimum Gasteiger partial charge on any atom is -0.398 e. The second-order valence-corrected chi connectivity index (χ2v) is 4.28. The van der Waals surface area contributed by atoms with Crippen molar-refractivity contribution < 1.29 is 13.2 Å². The molecular formula is C7H6N2O3S. The number of sulfonamides is 1. The van der Waals surface area contributed by atoms with E-state index in [0.717, 1.165) is 0 Å². The van der Waals surface area contributed by atoms with Crippen LogP contribution in [0.25, 0.3) is 0 Å². The third-order valence-electron chi connectivity index (χ3n) is 1.79. The Hall–Kier alpha value is -1.56. The Labute approximate surface area is 74.6 Å². The van der Waals surface area contributed by atoms with E-state index in [9.17, 15) is 13.2 Å². The smallest absolute Gasteiger partial charge is 0.267 e. The zero-order valence-corrected chi connectivity index (χ0v) is 7.26. The number of nitrogen functional groups attached to an aromatic ring is 1. The summed E-state index contributed by atoms with van der Waals surface area (Å²) in [5.41, 5.74) is 5.64. The molecule has 68 valence electrons. The fraction of sp³-hybridized carbons (Fsp3) is 0. The number of carbonyl (C=O) groups is 1. The minimum atomic E-state index is -3.71. The van der Waals surface area contributed by atoms with Crippen LogP contribution in [-0.4, -0.2) is 14.3 Å². The highest BCUT2D eigenvalue weighted by molar-refractivity contribution is 7.90. The van der Waals surface area contributed by atoms with Crippen molar-refractivity contribution in [2.75, 3.05) is 5.73 Å². The molecule has 0 saturated carbocycles. The molecule has 0 atom stereocenters. The van der Waals surface area contributed by atoms with Gasteiger partial charge in [0.25, 0.3) is 15.9 Å². The van der Waals surface area contributed by atoms with Gasteiger partial charge in [0.05, 0.1) is 11.3 Å². The highest BCUT2D eigenvalue weighted by Gasteiger charge is 2.33. The summed E-state index contributed by atoms with van der Waals surface area (Å²) in [6.07, 6.45) is 0. The lowest BCUT2D eigenvalue weighted by atomic mass is 10.2. The molecule has 2 rings (SSSR count). The number of rotatable bonds is 0. The number of amides is 1. The lowest BCUT2D eigenvalue weighted by Gasteiger charge is -1.98. The van der Waals surface area contributed by atoms with Crippen LogP contribution >= 0.6 is 0 Å². The summed E-state index contributed by atoms with van der Waals surface area (Å²) in [5.74, 6) is -0.623. The summed E-state index contributed by atoms with van der Waals surface area (Å²) >= 11 is 0. The molecule has 13 heavy (non-hydrogen) atoms. The molecule has 1 aliphatic rings. The average Bonchev–Trinajstić information content (AvgIpc) is 2.24.